The van der Waals surface area contributed by atoms with Gasteiger partial charge in [0.05, 0.1) is 11.0 Å². The molecule has 0 amide bonds. The number of hydrogen-bond donors (Lipinski definition) is 2. The molecule has 0 fully saturated rings. The van der Waals surface area contributed by atoms with Gasteiger partial charge < -0.3 is 9.97 Å². The van der Waals surface area contributed by atoms with Crippen molar-refractivity contribution in [3.05, 3.63) is 53.1 Å². The molecule has 0 bridgehead atoms. The van der Waals surface area contributed by atoms with Gasteiger partial charge in [0.2, 0.25) is 0 Å². The van der Waals surface area contributed by atoms with Crippen LogP contribution in [-0.2, 0) is 6.42 Å². The van der Waals surface area contributed by atoms with Gasteiger partial charge in [-0.2, -0.15) is 0 Å². The Bertz CT molecular complexity index is 667. The molecule has 1 aromatic carbocycles. The Kier molecular flexibility index (Phi) is 2.25. The molecular formula is C14H17N3. The van der Waals surface area contributed by atoms with Crippen LogP contribution in [0, 0.1) is 13.8 Å². The number of benzene rings is 1. The summed E-state index contributed by atoms with van der Waals surface area (Å²) < 4.78 is 0. The number of imidazole rings is 1. The molecule has 3 heteroatoms. The van der Waals surface area contributed by atoms with E-state index in [9.17, 15) is 0 Å². The Morgan fingerprint density at radius 2 is 2.06 bits per heavy atom. The molecule has 88 valence electrons. The lowest BCUT2D eigenvalue weighted by Crippen LogP contribution is -1.89. The van der Waals surface area contributed by atoms with Crippen LogP contribution in [0.4, 0.5) is 0 Å². The molecule has 0 saturated carbocycles. The Labute approximate surface area is 101 Å². The van der Waals surface area contributed by atoms with Crippen molar-refractivity contribution < 1.29 is 1.43 Å². The van der Waals surface area contributed by atoms with Crippen LogP contribution in [0.1, 0.15) is 24.1 Å². The van der Waals surface area contributed by atoms with Gasteiger partial charge in [0.15, 0.2) is 0 Å². The van der Waals surface area contributed by atoms with E-state index in [1.54, 1.807) is 0 Å². The Morgan fingerprint density at radius 1 is 1.18 bits per heavy atom. The van der Waals surface area contributed by atoms with Crippen molar-refractivity contribution in [3.8, 4) is 0 Å². The predicted molar refractivity (Wildman–Crippen MR) is 71.3 cm³/mol. The van der Waals surface area contributed by atoms with E-state index in [0.717, 1.165) is 23.3 Å². The number of hydrogen-bond acceptors (Lipinski definition) is 1. The summed E-state index contributed by atoms with van der Waals surface area (Å²) in [7, 11) is 0. The van der Waals surface area contributed by atoms with Crippen LogP contribution >= 0.6 is 0 Å². The Morgan fingerprint density at radius 3 is 2.82 bits per heavy atom. The van der Waals surface area contributed by atoms with Gasteiger partial charge in [0.25, 0.3) is 0 Å². The number of aryl methyl sites for hydroxylation is 2. The fraction of sp³-hybridized carbons (Fsp3) is 0.214. The van der Waals surface area contributed by atoms with Crippen molar-refractivity contribution in [2.45, 2.75) is 20.3 Å². The van der Waals surface area contributed by atoms with E-state index in [0.29, 0.717) is 0 Å². The minimum Gasteiger partial charge on any atom is -0.364 e. The van der Waals surface area contributed by atoms with Gasteiger partial charge in [-0.1, -0.05) is 6.07 Å². The van der Waals surface area contributed by atoms with Crippen molar-refractivity contribution in [3.63, 3.8) is 0 Å². The smallest absolute Gasteiger partial charge is 0.113 e. The summed E-state index contributed by atoms with van der Waals surface area (Å²) in [5, 5.41) is 0. The monoisotopic (exact) mass is 227 g/mol. The lowest BCUT2D eigenvalue weighted by Gasteiger charge is -1.92. The first-order valence-electron chi connectivity index (χ1n) is 5.80. The maximum absolute atomic E-state index is 4.58. The number of nitrogens with zero attached hydrogens (tertiary/aromatic N) is 1. The third kappa shape index (κ3) is 1.96. The SMILES string of the molecule is Cc1c[nH]c(Cc2nc3ccc(C)cc3[nH]2)c1.[HH]. The highest BCUT2D eigenvalue weighted by Crippen LogP contribution is 2.15. The maximum Gasteiger partial charge on any atom is 0.113 e. The van der Waals surface area contributed by atoms with Gasteiger partial charge in [-0.15, -0.1) is 0 Å². The second-order valence-corrected chi connectivity index (χ2v) is 4.58. The van der Waals surface area contributed by atoms with E-state index in [-0.39, 0.29) is 1.43 Å². The molecule has 2 heterocycles. The highest BCUT2D eigenvalue weighted by molar-refractivity contribution is 5.75. The largest absolute Gasteiger partial charge is 0.364 e. The Hall–Kier alpha value is -2.03. The van der Waals surface area contributed by atoms with Gasteiger partial charge in [-0.05, 0) is 43.2 Å². The molecule has 3 nitrogen and oxygen atoms in total. The second-order valence-electron chi connectivity index (χ2n) is 4.58. The van der Waals surface area contributed by atoms with E-state index in [1.165, 1.54) is 16.8 Å². The molecule has 2 N–H and O–H groups in total. The molecule has 0 spiro atoms. The fourth-order valence-electron chi connectivity index (χ4n) is 2.11. The van der Waals surface area contributed by atoms with Crippen molar-refractivity contribution in [2.24, 2.45) is 0 Å². The molecule has 3 rings (SSSR count). The Balaban J connectivity index is 0.00000120. The third-order valence-electron chi connectivity index (χ3n) is 2.93. The highest BCUT2D eigenvalue weighted by atomic mass is 14.9. The number of nitrogens with one attached hydrogen (secondary N) is 2. The number of H-pyrrole nitrogens is 2. The van der Waals surface area contributed by atoms with Crippen LogP contribution in [0.15, 0.2) is 30.5 Å². The molecule has 0 unspecified atom stereocenters. The third-order valence-corrected chi connectivity index (χ3v) is 2.93. The van der Waals surface area contributed by atoms with E-state index < -0.39 is 0 Å². The fourth-order valence-corrected chi connectivity index (χ4v) is 2.11. The summed E-state index contributed by atoms with van der Waals surface area (Å²) in [4.78, 5) is 11.2. The summed E-state index contributed by atoms with van der Waals surface area (Å²) in [6.07, 6.45) is 2.84. The van der Waals surface area contributed by atoms with Crippen LogP contribution in [0.25, 0.3) is 11.0 Å². The van der Waals surface area contributed by atoms with Crippen LogP contribution in [-0.4, -0.2) is 15.0 Å². The minimum absolute atomic E-state index is 0. The first-order valence-corrected chi connectivity index (χ1v) is 5.80. The van der Waals surface area contributed by atoms with E-state index in [4.69, 9.17) is 0 Å². The quantitative estimate of drug-likeness (QED) is 0.693. The summed E-state index contributed by atoms with van der Waals surface area (Å²) >= 11 is 0. The van der Waals surface area contributed by atoms with Gasteiger partial charge in [0, 0.05) is 19.7 Å². The van der Waals surface area contributed by atoms with Crippen molar-refractivity contribution in [1.29, 1.82) is 0 Å². The molecular weight excluding hydrogens is 210 g/mol. The number of fused-ring (bicyclic) bond motifs is 1. The van der Waals surface area contributed by atoms with Crippen molar-refractivity contribution in [2.75, 3.05) is 0 Å². The number of aromatic amines is 2. The van der Waals surface area contributed by atoms with E-state index >= 15 is 0 Å². The summed E-state index contributed by atoms with van der Waals surface area (Å²) in [5.74, 6) is 1.01. The molecule has 0 radical (unpaired) electrons. The molecule has 0 aliphatic carbocycles. The average molecular weight is 227 g/mol. The first kappa shape index (κ1) is 10.1. The lowest BCUT2D eigenvalue weighted by molar-refractivity contribution is 1.00. The van der Waals surface area contributed by atoms with Gasteiger partial charge in [-0.25, -0.2) is 4.98 Å². The topological polar surface area (TPSA) is 44.5 Å². The van der Waals surface area contributed by atoms with Crippen LogP contribution < -0.4 is 0 Å². The number of aromatic nitrogens is 3. The molecule has 0 saturated heterocycles. The lowest BCUT2D eigenvalue weighted by atomic mass is 10.2. The van der Waals surface area contributed by atoms with Crippen LogP contribution in [0.2, 0.25) is 0 Å². The molecule has 0 atom stereocenters. The van der Waals surface area contributed by atoms with Crippen LogP contribution in [0.5, 0.6) is 0 Å². The van der Waals surface area contributed by atoms with Gasteiger partial charge >= 0.3 is 0 Å². The van der Waals surface area contributed by atoms with Gasteiger partial charge in [0.1, 0.15) is 5.82 Å². The zero-order valence-corrected chi connectivity index (χ0v) is 10.0. The highest BCUT2D eigenvalue weighted by Gasteiger charge is 2.04. The molecule has 2 aromatic heterocycles. The van der Waals surface area contributed by atoms with E-state index in [1.807, 2.05) is 6.20 Å². The number of rotatable bonds is 2. The molecule has 0 aliphatic heterocycles. The maximum atomic E-state index is 4.58. The minimum atomic E-state index is 0. The van der Waals surface area contributed by atoms with E-state index in [2.05, 4.69) is 53.1 Å². The first-order chi connectivity index (χ1) is 8.20. The molecule has 0 aliphatic rings. The van der Waals surface area contributed by atoms with Crippen molar-refractivity contribution in [1.82, 2.24) is 15.0 Å². The normalized spacial score (nSPS) is 11.2. The van der Waals surface area contributed by atoms with Crippen LogP contribution in [0.3, 0.4) is 0 Å². The predicted octanol–water partition coefficient (Wildman–Crippen LogP) is 3.34. The zero-order chi connectivity index (χ0) is 11.8. The zero-order valence-electron chi connectivity index (χ0n) is 10.0. The summed E-state index contributed by atoms with van der Waals surface area (Å²) in [6, 6.07) is 8.43. The van der Waals surface area contributed by atoms with Crippen molar-refractivity contribution >= 4 is 11.0 Å². The molecule has 3 aromatic rings. The second kappa shape index (κ2) is 3.77. The summed E-state index contributed by atoms with van der Waals surface area (Å²) in [6.45, 7) is 4.18. The van der Waals surface area contributed by atoms with Gasteiger partial charge in [-0.3, -0.25) is 0 Å². The standard InChI is InChI=1S/C14H15N3.H2/c1-9-3-4-12-13(6-9)17-14(16-12)7-11-5-10(2)8-15-11;/h3-6,8,15H,7H2,1-2H3,(H,16,17);1H. The molecule has 17 heavy (non-hydrogen) atoms. The average Bonchev–Trinajstić information content (AvgIpc) is 2.84. The summed E-state index contributed by atoms with van der Waals surface area (Å²) in [5.41, 5.74) is 5.85.